The van der Waals surface area contributed by atoms with Gasteiger partial charge in [0.2, 0.25) is 0 Å². The number of oxime groups is 1. The number of hydrogen-bond donors (Lipinski definition) is 2. The highest BCUT2D eigenvalue weighted by molar-refractivity contribution is 7.99. The van der Waals surface area contributed by atoms with Crippen LogP contribution in [0.2, 0.25) is 5.02 Å². The predicted octanol–water partition coefficient (Wildman–Crippen LogP) is 1.94. The van der Waals surface area contributed by atoms with Crippen LogP contribution >= 0.6 is 23.4 Å². The molecular weight excluding hydrogens is 222 g/mol. The minimum Gasteiger partial charge on any atom is -0.409 e. The molecule has 0 radical (unpaired) electrons. The maximum absolute atomic E-state index is 8.51. The summed E-state index contributed by atoms with van der Waals surface area (Å²) in [4.78, 5) is 4.08. The van der Waals surface area contributed by atoms with Crippen molar-refractivity contribution < 1.29 is 5.21 Å². The number of pyridine rings is 1. The van der Waals surface area contributed by atoms with E-state index in [1.165, 1.54) is 11.8 Å². The fourth-order valence-corrected chi connectivity index (χ4v) is 1.93. The van der Waals surface area contributed by atoms with E-state index in [0.29, 0.717) is 15.6 Å². The summed E-state index contributed by atoms with van der Waals surface area (Å²) in [5, 5.41) is 12.5. The van der Waals surface area contributed by atoms with Crippen molar-refractivity contribution in [2.24, 2.45) is 10.9 Å². The van der Waals surface area contributed by atoms with E-state index in [2.05, 4.69) is 10.1 Å². The van der Waals surface area contributed by atoms with Crippen LogP contribution in [0.1, 0.15) is 12.5 Å². The van der Waals surface area contributed by atoms with Gasteiger partial charge in [-0.3, -0.25) is 0 Å². The molecule has 0 unspecified atom stereocenters. The minimum absolute atomic E-state index is 0.00430. The third kappa shape index (κ3) is 2.30. The summed E-state index contributed by atoms with van der Waals surface area (Å²) in [7, 11) is 0. The van der Waals surface area contributed by atoms with Crippen molar-refractivity contribution in [1.29, 1.82) is 0 Å². The molecule has 0 aliphatic rings. The molecule has 14 heavy (non-hydrogen) atoms. The Morgan fingerprint density at radius 1 is 1.79 bits per heavy atom. The summed E-state index contributed by atoms with van der Waals surface area (Å²) in [5.74, 6) is 0.863. The number of amidine groups is 1. The van der Waals surface area contributed by atoms with E-state index >= 15 is 0 Å². The van der Waals surface area contributed by atoms with Crippen molar-refractivity contribution in [3.8, 4) is 0 Å². The second-order valence-electron chi connectivity index (χ2n) is 2.40. The molecule has 1 heterocycles. The Hall–Kier alpha value is -0.940. The van der Waals surface area contributed by atoms with Gasteiger partial charge in [0, 0.05) is 11.8 Å². The molecule has 0 atom stereocenters. The van der Waals surface area contributed by atoms with Gasteiger partial charge in [0.1, 0.15) is 5.03 Å². The Bertz CT molecular complexity index is 356. The van der Waals surface area contributed by atoms with Crippen LogP contribution in [0, 0.1) is 0 Å². The number of nitrogens with zero attached hydrogens (tertiary/aromatic N) is 2. The van der Waals surface area contributed by atoms with Crippen LogP contribution in [0.25, 0.3) is 0 Å². The van der Waals surface area contributed by atoms with Gasteiger partial charge in [0.15, 0.2) is 5.84 Å². The zero-order chi connectivity index (χ0) is 10.6. The van der Waals surface area contributed by atoms with E-state index in [9.17, 15) is 0 Å². The average Bonchev–Trinajstić information content (AvgIpc) is 2.20. The molecule has 0 saturated heterocycles. The molecule has 0 fully saturated rings. The molecule has 1 aromatic rings. The monoisotopic (exact) mass is 231 g/mol. The zero-order valence-corrected chi connectivity index (χ0v) is 9.14. The van der Waals surface area contributed by atoms with Gasteiger partial charge >= 0.3 is 0 Å². The van der Waals surface area contributed by atoms with Crippen molar-refractivity contribution in [1.82, 2.24) is 4.98 Å². The van der Waals surface area contributed by atoms with Gasteiger partial charge in [-0.25, -0.2) is 4.98 Å². The van der Waals surface area contributed by atoms with Crippen LogP contribution in [0.4, 0.5) is 0 Å². The Morgan fingerprint density at radius 2 is 2.50 bits per heavy atom. The lowest BCUT2D eigenvalue weighted by Crippen LogP contribution is -2.14. The molecule has 0 saturated carbocycles. The van der Waals surface area contributed by atoms with Gasteiger partial charge in [-0.2, -0.15) is 0 Å². The van der Waals surface area contributed by atoms with Crippen LogP contribution in [-0.2, 0) is 0 Å². The molecule has 3 N–H and O–H groups in total. The van der Waals surface area contributed by atoms with E-state index < -0.39 is 0 Å². The lowest BCUT2D eigenvalue weighted by atomic mass is 10.2. The number of halogens is 1. The maximum Gasteiger partial charge on any atom is 0.171 e. The third-order valence-corrected chi connectivity index (χ3v) is 2.89. The van der Waals surface area contributed by atoms with Gasteiger partial charge in [0.25, 0.3) is 0 Å². The molecule has 76 valence electrons. The quantitative estimate of drug-likeness (QED) is 0.274. The van der Waals surface area contributed by atoms with Crippen LogP contribution in [0.3, 0.4) is 0 Å². The van der Waals surface area contributed by atoms with E-state index in [1.807, 2.05) is 6.92 Å². The highest BCUT2D eigenvalue weighted by Crippen LogP contribution is 2.27. The molecule has 0 aliphatic heterocycles. The average molecular weight is 232 g/mol. The van der Waals surface area contributed by atoms with E-state index in [1.54, 1.807) is 12.3 Å². The van der Waals surface area contributed by atoms with Crippen LogP contribution in [0.5, 0.6) is 0 Å². The first kappa shape index (κ1) is 11.1. The standard InChI is InChI=1S/C8H10ClN3OS/c1-2-14-8-6(9)5(3-4-11-8)7(10)12-13/h3-4,13H,2H2,1H3,(H2,10,12). The lowest BCUT2D eigenvalue weighted by Gasteiger charge is -2.05. The highest BCUT2D eigenvalue weighted by atomic mass is 35.5. The van der Waals surface area contributed by atoms with Gasteiger partial charge in [-0.05, 0) is 11.8 Å². The predicted molar refractivity (Wildman–Crippen MR) is 58.2 cm³/mol. The minimum atomic E-state index is -0.00430. The fraction of sp³-hybridized carbons (Fsp3) is 0.250. The number of rotatable bonds is 3. The van der Waals surface area contributed by atoms with Crippen molar-refractivity contribution in [3.63, 3.8) is 0 Å². The number of nitrogens with two attached hydrogens (primary N) is 1. The Kier molecular flexibility index (Phi) is 4.03. The summed E-state index contributed by atoms with van der Waals surface area (Å²) in [5.41, 5.74) is 5.94. The summed E-state index contributed by atoms with van der Waals surface area (Å²) >= 11 is 7.51. The van der Waals surface area contributed by atoms with Gasteiger partial charge in [0.05, 0.1) is 5.02 Å². The van der Waals surface area contributed by atoms with Gasteiger partial charge < -0.3 is 10.9 Å². The highest BCUT2D eigenvalue weighted by Gasteiger charge is 2.10. The number of hydrogen-bond acceptors (Lipinski definition) is 4. The fourth-order valence-electron chi connectivity index (χ4n) is 0.914. The molecule has 0 bridgehead atoms. The largest absolute Gasteiger partial charge is 0.409 e. The summed E-state index contributed by atoms with van der Waals surface area (Å²) in [6, 6.07) is 1.61. The van der Waals surface area contributed by atoms with Crippen LogP contribution in [-0.4, -0.2) is 21.8 Å². The Morgan fingerprint density at radius 3 is 3.07 bits per heavy atom. The van der Waals surface area contributed by atoms with E-state index in [0.717, 1.165) is 5.75 Å². The van der Waals surface area contributed by atoms with Crippen LogP contribution in [0.15, 0.2) is 22.4 Å². The first-order valence-electron chi connectivity index (χ1n) is 3.95. The first-order chi connectivity index (χ1) is 6.70. The summed E-state index contributed by atoms with van der Waals surface area (Å²) < 4.78 is 0. The molecule has 6 heteroatoms. The molecule has 1 aromatic heterocycles. The smallest absolute Gasteiger partial charge is 0.171 e. The van der Waals surface area contributed by atoms with Crippen LogP contribution < -0.4 is 5.73 Å². The number of aromatic nitrogens is 1. The van der Waals surface area contributed by atoms with Crippen molar-refractivity contribution in [2.75, 3.05) is 5.75 Å². The second kappa shape index (κ2) is 5.07. The maximum atomic E-state index is 8.51. The number of thioether (sulfide) groups is 1. The molecule has 0 aliphatic carbocycles. The topological polar surface area (TPSA) is 71.5 Å². The molecule has 0 spiro atoms. The summed E-state index contributed by atoms with van der Waals surface area (Å²) in [6.07, 6.45) is 1.58. The van der Waals surface area contributed by atoms with Crippen molar-refractivity contribution in [3.05, 3.63) is 22.8 Å². The van der Waals surface area contributed by atoms with E-state index in [4.69, 9.17) is 22.5 Å². The van der Waals surface area contributed by atoms with Crippen molar-refractivity contribution in [2.45, 2.75) is 11.9 Å². The molecule has 0 amide bonds. The second-order valence-corrected chi connectivity index (χ2v) is 4.03. The molecule has 1 rings (SSSR count). The molecule has 4 nitrogen and oxygen atoms in total. The zero-order valence-electron chi connectivity index (χ0n) is 7.57. The van der Waals surface area contributed by atoms with Crippen molar-refractivity contribution >= 4 is 29.2 Å². The van der Waals surface area contributed by atoms with Gasteiger partial charge in [-0.15, -0.1) is 11.8 Å². The SMILES string of the molecule is CCSc1nccc(/C(N)=N/O)c1Cl. The Labute approximate surface area is 91.2 Å². The molecular formula is C8H10ClN3OS. The van der Waals surface area contributed by atoms with E-state index in [-0.39, 0.29) is 5.84 Å². The lowest BCUT2D eigenvalue weighted by molar-refractivity contribution is 0.318. The van der Waals surface area contributed by atoms with Gasteiger partial charge in [-0.1, -0.05) is 23.7 Å². The molecule has 0 aromatic carbocycles. The first-order valence-corrected chi connectivity index (χ1v) is 5.32. The third-order valence-electron chi connectivity index (χ3n) is 1.52. The Balaban J connectivity index is 3.13. The normalized spacial score (nSPS) is 11.7. The summed E-state index contributed by atoms with van der Waals surface area (Å²) in [6.45, 7) is 2.00.